The minimum Gasteiger partial charge on any atom is -0.497 e. The highest BCUT2D eigenvalue weighted by Crippen LogP contribution is 2.27. The van der Waals surface area contributed by atoms with Crippen molar-refractivity contribution in [3.8, 4) is 5.75 Å². The molecular formula is C26H27N5O2. The van der Waals surface area contributed by atoms with E-state index in [2.05, 4.69) is 19.1 Å². The molecule has 0 fully saturated rings. The molecule has 0 aliphatic rings. The summed E-state index contributed by atoms with van der Waals surface area (Å²) < 4.78 is 9.10. The lowest BCUT2D eigenvalue weighted by molar-refractivity contribution is 0.414. The van der Waals surface area contributed by atoms with Gasteiger partial charge < -0.3 is 9.30 Å². The van der Waals surface area contributed by atoms with Crippen molar-refractivity contribution in [3.05, 3.63) is 70.3 Å². The molecule has 0 bridgehead atoms. The molecule has 0 saturated carbocycles. The molecule has 0 saturated heterocycles. The number of methoxy groups -OCH3 is 1. The van der Waals surface area contributed by atoms with Crippen LogP contribution in [0.5, 0.6) is 5.75 Å². The van der Waals surface area contributed by atoms with Crippen LogP contribution in [0.15, 0.2) is 53.3 Å². The average molecular weight is 442 g/mol. The second-order valence-corrected chi connectivity index (χ2v) is 8.42. The highest BCUT2D eigenvalue weighted by Gasteiger charge is 2.22. The first-order chi connectivity index (χ1) is 16.0. The summed E-state index contributed by atoms with van der Waals surface area (Å²) in [6.07, 6.45) is 1.62. The maximum absolute atomic E-state index is 13.7. The fourth-order valence-corrected chi connectivity index (χ4v) is 4.42. The molecule has 5 aromatic rings. The number of hydrogen-bond acceptors (Lipinski definition) is 5. The fraction of sp³-hybridized carbons (Fsp3) is 0.308. The van der Waals surface area contributed by atoms with Crippen LogP contribution < -0.4 is 10.3 Å². The normalized spacial score (nSPS) is 12.6. The van der Waals surface area contributed by atoms with E-state index < -0.39 is 0 Å². The number of hydrogen-bond donors (Lipinski definition) is 0. The molecule has 1 atom stereocenters. The smallest absolute Gasteiger partial charge is 0.265 e. The predicted molar refractivity (Wildman–Crippen MR) is 131 cm³/mol. The van der Waals surface area contributed by atoms with E-state index >= 15 is 0 Å². The first-order valence-electron chi connectivity index (χ1n) is 11.3. The Morgan fingerprint density at radius 1 is 0.970 bits per heavy atom. The molecule has 1 unspecified atom stereocenters. The number of aryl methyl sites for hydroxylation is 3. The molecule has 0 aliphatic heterocycles. The molecule has 3 heterocycles. The van der Waals surface area contributed by atoms with Crippen LogP contribution in [0.4, 0.5) is 0 Å². The van der Waals surface area contributed by atoms with Crippen LogP contribution in [-0.4, -0.2) is 31.2 Å². The predicted octanol–water partition coefficient (Wildman–Crippen LogP) is 4.83. The first kappa shape index (κ1) is 21.1. The molecule has 7 heteroatoms. The summed E-state index contributed by atoms with van der Waals surface area (Å²) in [5.74, 6) is 1.54. The van der Waals surface area contributed by atoms with E-state index in [1.165, 1.54) is 5.56 Å². The van der Waals surface area contributed by atoms with Gasteiger partial charge in [0.25, 0.3) is 5.56 Å². The van der Waals surface area contributed by atoms with Crippen molar-refractivity contribution in [3.63, 3.8) is 0 Å². The van der Waals surface area contributed by atoms with E-state index in [-0.39, 0.29) is 11.6 Å². The quantitative estimate of drug-likeness (QED) is 0.377. The van der Waals surface area contributed by atoms with Crippen LogP contribution in [0.3, 0.4) is 0 Å². The molecule has 0 spiro atoms. The largest absolute Gasteiger partial charge is 0.497 e. The minimum absolute atomic E-state index is 0.0513. The van der Waals surface area contributed by atoms with Crippen molar-refractivity contribution in [2.75, 3.05) is 7.11 Å². The van der Waals surface area contributed by atoms with Gasteiger partial charge in [-0.3, -0.25) is 9.36 Å². The van der Waals surface area contributed by atoms with Crippen molar-refractivity contribution in [1.29, 1.82) is 0 Å². The number of fused-ring (bicyclic) bond motifs is 4. The molecule has 0 N–H and O–H groups in total. The lowest BCUT2D eigenvalue weighted by Gasteiger charge is -2.16. The second kappa shape index (κ2) is 8.31. The van der Waals surface area contributed by atoms with Gasteiger partial charge in [0, 0.05) is 12.6 Å². The molecule has 168 valence electrons. The molecule has 5 rings (SSSR count). The van der Waals surface area contributed by atoms with E-state index in [0.29, 0.717) is 34.6 Å². The van der Waals surface area contributed by atoms with E-state index in [9.17, 15) is 4.79 Å². The van der Waals surface area contributed by atoms with Crippen molar-refractivity contribution >= 4 is 33.2 Å². The highest BCUT2D eigenvalue weighted by atomic mass is 16.5. The summed E-state index contributed by atoms with van der Waals surface area (Å²) in [6, 6.07) is 15.9. The number of nitrogens with zero attached hydrogens (tertiary/aromatic N) is 5. The summed E-state index contributed by atoms with van der Waals surface area (Å²) in [6.45, 7) is 6.66. The average Bonchev–Trinajstić information content (AvgIpc) is 3.13. The third kappa shape index (κ3) is 3.53. The topological polar surface area (TPSA) is 74.8 Å². The standard InChI is InChI=1S/C26H27N5O2/c1-5-16(2)31-17(3)27-24-22(26(31)32)23-25(29-21-9-7-6-8-20(21)28-23)30(24)15-14-18-10-12-19(33-4)13-11-18/h6-13,16H,5,14-15H2,1-4H3. The summed E-state index contributed by atoms with van der Waals surface area (Å²) in [5.41, 5.74) is 4.66. The molecule has 3 aromatic heterocycles. The lowest BCUT2D eigenvalue weighted by Crippen LogP contribution is -2.26. The molecule has 0 aliphatic carbocycles. The van der Waals surface area contributed by atoms with Crippen molar-refractivity contribution < 1.29 is 4.74 Å². The van der Waals surface area contributed by atoms with Gasteiger partial charge >= 0.3 is 0 Å². The summed E-state index contributed by atoms with van der Waals surface area (Å²) in [4.78, 5) is 28.4. The van der Waals surface area contributed by atoms with Gasteiger partial charge in [-0.1, -0.05) is 31.2 Å². The van der Waals surface area contributed by atoms with Crippen LogP contribution in [0.25, 0.3) is 33.2 Å². The van der Waals surface area contributed by atoms with Crippen LogP contribution in [0.2, 0.25) is 0 Å². The minimum atomic E-state index is -0.0513. The Balaban J connectivity index is 1.74. The van der Waals surface area contributed by atoms with Crippen LogP contribution in [0.1, 0.15) is 37.7 Å². The molecule has 2 aromatic carbocycles. The fourth-order valence-electron chi connectivity index (χ4n) is 4.42. The van der Waals surface area contributed by atoms with Gasteiger partial charge in [-0.25, -0.2) is 15.0 Å². The van der Waals surface area contributed by atoms with Gasteiger partial charge in [-0.05, 0) is 56.5 Å². The summed E-state index contributed by atoms with van der Waals surface area (Å²) in [7, 11) is 1.66. The third-order valence-corrected chi connectivity index (χ3v) is 6.39. The van der Waals surface area contributed by atoms with Gasteiger partial charge in [-0.15, -0.1) is 0 Å². The molecule has 7 nitrogen and oxygen atoms in total. The molecule has 0 radical (unpaired) electrons. The first-order valence-corrected chi connectivity index (χ1v) is 11.3. The maximum Gasteiger partial charge on any atom is 0.265 e. The van der Waals surface area contributed by atoms with E-state index in [1.54, 1.807) is 11.7 Å². The van der Waals surface area contributed by atoms with Gasteiger partial charge in [0.2, 0.25) is 0 Å². The van der Waals surface area contributed by atoms with Gasteiger partial charge in [0.05, 0.1) is 18.1 Å². The van der Waals surface area contributed by atoms with E-state index in [4.69, 9.17) is 19.7 Å². The Labute approximate surface area is 191 Å². The van der Waals surface area contributed by atoms with Crippen LogP contribution in [-0.2, 0) is 13.0 Å². The van der Waals surface area contributed by atoms with Gasteiger partial charge in [0.1, 0.15) is 22.5 Å². The third-order valence-electron chi connectivity index (χ3n) is 6.39. The molecule has 33 heavy (non-hydrogen) atoms. The Morgan fingerprint density at radius 2 is 1.67 bits per heavy atom. The number of benzene rings is 2. The van der Waals surface area contributed by atoms with Crippen LogP contribution in [0, 0.1) is 6.92 Å². The monoisotopic (exact) mass is 441 g/mol. The second-order valence-electron chi connectivity index (χ2n) is 8.42. The van der Waals surface area contributed by atoms with Crippen molar-refractivity contribution in [2.45, 2.75) is 46.2 Å². The van der Waals surface area contributed by atoms with E-state index in [1.807, 2.05) is 54.8 Å². The van der Waals surface area contributed by atoms with Gasteiger partial charge in [-0.2, -0.15) is 0 Å². The van der Waals surface area contributed by atoms with Crippen molar-refractivity contribution in [1.82, 2.24) is 24.1 Å². The zero-order valence-electron chi connectivity index (χ0n) is 19.4. The number of ether oxygens (including phenoxy) is 1. The highest BCUT2D eigenvalue weighted by molar-refractivity contribution is 6.04. The molecular weight excluding hydrogens is 414 g/mol. The Kier molecular flexibility index (Phi) is 5.32. The Bertz CT molecular complexity index is 1530. The van der Waals surface area contributed by atoms with Gasteiger partial charge in [0.15, 0.2) is 11.3 Å². The number of para-hydroxylation sites is 2. The Hall–Kier alpha value is -3.74. The number of aromatic nitrogens is 5. The lowest BCUT2D eigenvalue weighted by atomic mass is 10.1. The SMILES string of the molecule is CCC(C)n1c(C)nc2c(c1=O)c1nc3ccccc3nc1n2CCc1ccc(OC)cc1. The van der Waals surface area contributed by atoms with Crippen LogP contribution >= 0.6 is 0 Å². The van der Waals surface area contributed by atoms with E-state index in [0.717, 1.165) is 29.6 Å². The summed E-state index contributed by atoms with van der Waals surface area (Å²) in [5, 5.41) is 0.545. The Morgan fingerprint density at radius 3 is 2.33 bits per heavy atom. The zero-order chi connectivity index (χ0) is 23.1. The van der Waals surface area contributed by atoms with Crippen molar-refractivity contribution in [2.24, 2.45) is 0 Å². The number of rotatable bonds is 6. The molecule has 0 amide bonds. The maximum atomic E-state index is 13.7. The summed E-state index contributed by atoms with van der Waals surface area (Å²) >= 11 is 0. The zero-order valence-corrected chi connectivity index (χ0v) is 19.4.